The highest BCUT2D eigenvalue weighted by atomic mass is 35.5. The van der Waals surface area contributed by atoms with Gasteiger partial charge in [-0.3, -0.25) is 0 Å². The summed E-state index contributed by atoms with van der Waals surface area (Å²) < 4.78 is 10.7. The summed E-state index contributed by atoms with van der Waals surface area (Å²) in [5.74, 6) is 1.63. The monoisotopic (exact) mass is 299 g/mol. The molecule has 1 aromatic rings. The standard InChI is InChI=1S/C16H26ClNO2/c1-5-7-10-18(6-2)12-15(17)14-11-13(19-3)8-9-16(14)20-4/h8-9,11,15H,5-7,10,12H2,1-4H3. The first-order valence-electron chi connectivity index (χ1n) is 7.24. The molecule has 0 aliphatic rings. The van der Waals surface area contributed by atoms with Crippen LogP contribution in [0.3, 0.4) is 0 Å². The summed E-state index contributed by atoms with van der Waals surface area (Å²) >= 11 is 6.59. The first kappa shape index (κ1) is 17.1. The Balaban J connectivity index is 2.81. The molecule has 0 aliphatic carbocycles. The van der Waals surface area contributed by atoms with E-state index in [4.69, 9.17) is 21.1 Å². The van der Waals surface area contributed by atoms with Crippen molar-refractivity contribution in [2.45, 2.75) is 32.1 Å². The van der Waals surface area contributed by atoms with Gasteiger partial charge in [0.25, 0.3) is 0 Å². The molecule has 0 fully saturated rings. The maximum absolute atomic E-state index is 6.59. The summed E-state index contributed by atoms with van der Waals surface area (Å²) in [5, 5.41) is -0.100. The minimum absolute atomic E-state index is 0.100. The van der Waals surface area contributed by atoms with Crippen molar-refractivity contribution >= 4 is 11.6 Å². The third-order valence-corrected chi connectivity index (χ3v) is 3.84. The van der Waals surface area contributed by atoms with Crippen LogP contribution in [0.15, 0.2) is 18.2 Å². The summed E-state index contributed by atoms with van der Waals surface area (Å²) in [6.07, 6.45) is 2.40. The number of likely N-dealkylation sites (N-methyl/N-ethyl adjacent to an activating group) is 1. The average molecular weight is 300 g/mol. The van der Waals surface area contributed by atoms with E-state index in [0.717, 1.165) is 36.7 Å². The number of halogens is 1. The summed E-state index contributed by atoms with van der Waals surface area (Å²) in [4.78, 5) is 2.38. The lowest BCUT2D eigenvalue weighted by Crippen LogP contribution is -2.28. The highest BCUT2D eigenvalue weighted by Gasteiger charge is 2.17. The largest absolute Gasteiger partial charge is 0.497 e. The van der Waals surface area contributed by atoms with E-state index < -0.39 is 0 Å². The molecule has 0 aromatic heterocycles. The van der Waals surface area contributed by atoms with Crippen LogP contribution in [0.2, 0.25) is 0 Å². The fourth-order valence-electron chi connectivity index (χ4n) is 2.17. The van der Waals surface area contributed by atoms with Gasteiger partial charge in [-0.2, -0.15) is 0 Å². The zero-order valence-corrected chi connectivity index (χ0v) is 13.7. The second-order valence-electron chi connectivity index (χ2n) is 4.82. The van der Waals surface area contributed by atoms with Gasteiger partial charge in [0.1, 0.15) is 11.5 Å². The minimum Gasteiger partial charge on any atom is -0.497 e. The average Bonchev–Trinajstić information content (AvgIpc) is 2.50. The molecule has 1 aromatic carbocycles. The molecule has 1 rings (SSSR count). The van der Waals surface area contributed by atoms with Gasteiger partial charge in [0.05, 0.1) is 19.6 Å². The van der Waals surface area contributed by atoms with E-state index in [1.807, 2.05) is 18.2 Å². The quantitative estimate of drug-likeness (QED) is 0.641. The maximum atomic E-state index is 6.59. The van der Waals surface area contributed by atoms with E-state index in [9.17, 15) is 0 Å². The number of rotatable bonds is 9. The zero-order chi connectivity index (χ0) is 15.0. The molecular formula is C16H26ClNO2. The van der Waals surface area contributed by atoms with Crippen LogP contribution in [0, 0.1) is 0 Å². The Labute approximate surface area is 127 Å². The van der Waals surface area contributed by atoms with Gasteiger partial charge < -0.3 is 14.4 Å². The van der Waals surface area contributed by atoms with Crippen LogP contribution >= 0.6 is 11.6 Å². The summed E-state index contributed by atoms with van der Waals surface area (Å²) in [6, 6.07) is 5.76. The zero-order valence-electron chi connectivity index (χ0n) is 13.0. The van der Waals surface area contributed by atoms with Crippen LogP contribution < -0.4 is 9.47 Å². The summed E-state index contributed by atoms with van der Waals surface area (Å²) in [5.41, 5.74) is 0.989. The Kier molecular flexibility index (Phi) is 7.78. The molecule has 0 N–H and O–H groups in total. The van der Waals surface area contributed by atoms with Gasteiger partial charge in [0.2, 0.25) is 0 Å². The highest BCUT2D eigenvalue weighted by Crippen LogP contribution is 2.33. The Morgan fingerprint density at radius 1 is 1.20 bits per heavy atom. The molecule has 1 atom stereocenters. The number of ether oxygens (including phenoxy) is 2. The van der Waals surface area contributed by atoms with Crippen molar-refractivity contribution in [1.29, 1.82) is 0 Å². The molecule has 0 radical (unpaired) electrons. The van der Waals surface area contributed by atoms with E-state index in [2.05, 4.69) is 18.7 Å². The third-order valence-electron chi connectivity index (χ3n) is 3.47. The van der Waals surface area contributed by atoms with Gasteiger partial charge >= 0.3 is 0 Å². The van der Waals surface area contributed by atoms with Crippen LogP contribution in [0.4, 0.5) is 0 Å². The molecule has 0 amide bonds. The molecule has 1 unspecified atom stereocenters. The SMILES string of the molecule is CCCCN(CC)CC(Cl)c1cc(OC)ccc1OC. The molecular weight excluding hydrogens is 274 g/mol. The number of methoxy groups -OCH3 is 2. The lowest BCUT2D eigenvalue weighted by Gasteiger charge is -2.24. The molecule has 114 valence electrons. The molecule has 4 heteroatoms. The molecule has 3 nitrogen and oxygen atoms in total. The molecule has 0 spiro atoms. The normalized spacial score (nSPS) is 12.5. The number of benzene rings is 1. The van der Waals surface area contributed by atoms with E-state index >= 15 is 0 Å². The van der Waals surface area contributed by atoms with Crippen LogP contribution in [-0.4, -0.2) is 38.8 Å². The van der Waals surface area contributed by atoms with Crippen LogP contribution in [0.1, 0.15) is 37.6 Å². The van der Waals surface area contributed by atoms with Crippen molar-refractivity contribution in [2.24, 2.45) is 0 Å². The van der Waals surface area contributed by atoms with E-state index in [1.54, 1.807) is 14.2 Å². The first-order valence-corrected chi connectivity index (χ1v) is 7.68. The number of hydrogen-bond donors (Lipinski definition) is 0. The van der Waals surface area contributed by atoms with Gasteiger partial charge in [-0.15, -0.1) is 11.6 Å². The molecule has 0 saturated carbocycles. The maximum Gasteiger partial charge on any atom is 0.123 e. The molecule has 0 bridgehead atoms. The van der Waals surface area contributed by atoms with Crippen molar-refractivity contribution in [3.63, 3.8) is 0 Å². The van der Waals surface area contributed by atoms with Gasteiger partial charge in [0.15, 0.2) is 0 Å². The van der Waals surface area contributed by atoms with Gasteiger partial charge in [-0.1, -0.05) is 20.3 Å². The number of hydrogen-bond acceptors (Lipinski definition) is 3. The van der Waals surface area contributed by atoms with Crippen LogP contribution in [0.25, 0.3) is 0 Å². The molecule has 20 heavy (non-hydrogen) atoms. The van der Waals surface area contributed by atoms with Gasteiger partial charge in [-0.25, -0.2) is 0 Å². The summed E-state index contributed by atoms with van der Waals surface area (Å²) in [7, 11) is 3.33. The van der Waals surface area contributed by atoms with Gasteiger partial charge in [-0.05, 0) is 37.7 Å². The smallest absolute Gasteiger partial charge is 0.123 e. The van der Waals surface area contributed by atoms with Crippen molar-refractivity contribution in [1.82, 2.24) is 4.90 Å². The second-order valence-corrected chi connectivity index (χ2v) is 5.35. The predicted octanol–water partition coefficient (Wildman–Crippen LogP) is 4.11. The lowest BCUT2D eigenvalue weighted by molar-refractivity contribution is 0.281. The molecule has 0 aliphatic heterocycles. The van der Waals surface area contributed by atoms with Crippen LogP contribution in [0.5, 0.6) is 11.5 Å². The highest BCUT2D eigenvalue weighted by molar-refractivity contribution is 6.21. The van der Waals surface area contributed by atoms with Crippen LogP contribution in [-0.2, 0) is 0 Å². The predicted molar refractivity (Wildman–Crippen MR) is 85.2 cm³/mol. The topological polar surface area (TPSA) is 21.7 Å². The fraction of sp³-hybridized carbons (Fsp3) is 0.625. The Morgan fingerprint density at radius 3 is 2.50 bits per heavy atom. The van der Waals surface area contributed by atoms with Crippen molar-refractivity contribution in [3.05, 3.63) is 23.8 Å². The second kappa shape index (κ2) is 9.09. The Hall–Kier alpha value is -0.930. The Bertz CT molecular complexity index is 398. The number of unbranched alkanes of at least 4 members (excludes halogenated alkanes) is 1. The van der Waals surface area contributed by atoms with E-state index in [-0.39, 0.29) is 5.38 Å². The fourth-order valence-corrected chi connectivity index (χ4v) is 2.54. The van der Waals surface area contributed by atoms with E-state index in [0.29, 0.717) is 0 Å². The first-order chi connectivity index (χ1) is 9.65. The Morgan fingerprint density at radius 2 is 1.95 bits per heavy atom. The molecule has 0 saturated heterocycles. The minimum atomic E-state index is -0.100. The summed E-state index contributed by atoms with van der Waals surface area (Å²) in [6.45, 7) is 7.29. The number of alkyl halides is 1. The van der Waals surface area contributed by atoms with E-state index in [1.165, 1.54) is 12.8 Å². The van der Waals surface area contributed by atoms with Gasteiger partial charge in [0, 0.05) is 12.1 Å². The van der Waals surface area contributed by atoms with Crippen molar-refractivity contribution < 1.29 is 9.47 Å². The lowest BCUT2D eigenvalue weighted by atomic mass is 10.1. The van der Waals surface area contributed by atoms with Crippen molar-refractivity contribution in [3.8, 4) is 11.5 Å². The van der Waals surface area contributed by atoms with Crippen molar-refractivity contribution in [2.75, 3.05) is 33.9 Å². The molecule has 0 heterocycles. The number of nitrogens with zero attached hydrogens (tertiary/aromatic N) is 1. The third kappa shape index (κ3) is 4.88.